The van der Waals surface area contributed by atoms with Gasteiger partial charge in [-0.1, -0.05) is 48.5 Å². The molecule has 4 aromatic rings. The number of nitriles is 1. The molecule has 0 unspecified atom stereocenters. The molecule has 33 heavy (non-hydrogen) atoms. The first-order chi connectivity index (χ1) is 15.9. The molecular weight excluding hydrogens is 546 g/mol. The van der Waals surface area contributed by atoms with Gasteiger partial charge in [0, 0.05) is 0 Å². The van der Waals surface area contributed by atoms with Crippen LogP contribution in [0.15, 0.2) is 87.8 Å². The molecule has 0 bridgehead atoms. The summed E-state index contributed by atoms with van der Waals surface area (Å²) in [5, 5.41) is 21.0. The first-order valence-electron chi connectivity index (χ1n) is 9.99. The number of carbonyl (C=O) groups is 1. The second-order valence-electron chi connectivity index (χ2n) is 7.34. The summed E-state index contributed by atoms with van der Waals surface area (Å²) in [6, 6.07) is 26.7. The van der Waals surface area contributed by atoms with Crippen molar-refractivity contribution in [3.8, 4) is 11.8 Å². The Morgan fingerprint density at radius 3 is 2.18 bits per heavy atom. The van der Waals surface area contributed by atoms with E-state index in [1.807, 2.05) is 60.7 Å². The monoisotopic (exact) mass is 561 g/mol. The summed E-state index contributed by atoms with van der Waals surface area (Å²) >= 11 is 7.12. The molecule has 0 fully saturated rings. The number of rotatable bonds is 6. The van der Waals surface area contributed by atoms with Crippen molar-refractivity contribution >= 4 is 60.3 Å². The second kappa shape index (κ2) is 10.0. The highest BCUT2D eigenvalue weighted by molar-refractivity contribution is 9.11. The summed E-state index contributed by atoms with van der Waals surface area (Å²) in [6.07, 6.45) is 1.84. The van der Waals surface area contributed by atoms with E-state index in [-0.39, 0.29) is 12.2 Å². The largest absolute Gasteiger partial charge is 0.487 e. The van der Waals surface area contributed by atoms with Crippen molar-refractivity contribution in [3.63, 3.8) is 0 Å². The minimum Gasteiger partial charge on any atom is -0.487 e. The van der Waals surface area contributed by atoms with Crippen molar-refractivity contribution < 1.29 is 14.6 Å². The Hall–Kier alpha value is -3.40. The quantitative estimate of drug-likeness (QED) is 0.193. The molecule has 4 rings (SSSR count). The number of allylic oxidation sites excluding steroid dienone is 1. The van der Waals surface area contributed by atoms with Crippen LogP contribution in [0.2, 0.25) is 0 Å². The third-order valence-corrected chi connectivity index (χ3v) is 6.27. The lowest BCUT2D eigenvalue weighted by atomic mass is 10.0. The van der Waals surface area contributed by atoms with Crippen LogP contribution in [0.1, 0.15) is 27.0 Å². The van der Waals surface area contributed by atoms with Gasteiger partial charge in [0.15, 0.2) is 0 Å². The van der Waals surface area contributed by atoms with Gasteiger partial charge in [0.05, 0.1) is 26.2 Å². The number of hydrogen-bond acceptors (Lipinski definition) is 3. The number of ether oxygens (including phenoxy) is 1. The second-order valence-corrected chi connectivity index (χ2v) is 9.04. The van der Waals surface area contributed by atoms with E-state index in [1.165, 1.54) is 0 Å². The highest BCUT2D eigenvalue weighted by atomic mass is 79.9. The average Bonchev–Trinajstić information content (AvgIpc) is 2.82. The van der Waals surface area contributed by atoms with E-state index in [2.05, 4.69) is 37.9 Å². The summed E-state index contributed by atoms with van der Waals surface area (Å²) in [4.78, 5) is 11.0. The smallest absolute Gasteiger partial charge is 0.335 e. The molecule has 1 N–H and O–H groups in total. The van der Waals surface area contributed by atoms with Crippen molar-refractivity contribution in [2.75, 3.05) is 0 Å². The van der Waals surface area contributed by atoms with E-state index in [0.717, 1.165) is 36.4 Å². The highest BCUT2D eigenvalue weighted by Crippen LogP contribution is 2.36. The van der Waals surface area contributed by atoms with E-state index in [4.69, 9.17) is 9.84 Å². The molecule has 0 saturated heterocycles. The van der Waals surface area contributed by atoms with Crippen LogP contribution in [0.25, 0.3) is 22.4 Å². The van der Waals surface area contributed by atoms with Gasteiger partial charge in [0.1, 0.15) is 12.4 Å². The molecule has 4 aromatic carbocycles. The fourth-order valence-corrected chi connectivity index (χ4v) is 4.85. The number of nitrogens with zero attached hydrogens (tertiary/aromatic N) is 1. The molecule has 0 radical (unpaired) electrons. The van der Waals surface area contributed by atoms with E-state index >= 15 is 0 Å². The van der Waals surface area contributed by atoms with E-state index in [0.29, 0.717) is 11.3 Å². The summed E-state index contributed by atoms with van der Waals surface area (Å²) in [6.45, 7) is 0.285. The molecule has 0 aliphatic heterocycles. The number of carboxylic acids is 1. The van der Waals surface area contributed by atoms with Gasteiger partial charge >= 0.3 is 5.97 Å². The zero-order chi connectivity index (χ0) is 23.4. The summed E-state index contributed by atoms with van der Waals surface area (Å²) in [5.74, 6) is -0.337. The molecule has 0 saturated carbocycles. The minimum atomic E-state index is -0.961. The van der Waals surface area contributed by atoms with Gasteiger partial charge in [-0.3, -0.25) is 0 Å². The number of halogens is 2. The highest BCUT2D eigenvalue weighted by Gasteiger charge is 2.11. The van der Waals surface area contributed by atoms with Gasteiger partial charge in [-0.15, -0.1) is 0 Å². The predicted molar refractivity (Wildman–Crippen MR) is 137 cm³/mol. The Balaban J connectivity index is 1.56. The first kappa shape index (κ1) is 22.8. The van der Waals surface area contributed by atoms with Crippen LogP contribution in [0.5, 0.6) is 5.75 Å². The van der Waals surface area contributed by atoms with Gasteiger partial charge in [-0.2, -0.15) is 5.26 Å². The fraction of sp³-hybridized carbons (Fsp3) is 0.0370. The third-order valence-electron chi connectivity index (χ3n) is 5.10. The summed E-state index contributed by atoms with van der Waals surface area (Å²) in [7, 11) is 0. The zero-order valence-corrected chi connectivity index (χ0v) is 20.4. The van der Waals surface area contributed by atoms with Crippen LogP contribution >= 0.6 is 31.9 Å². The van der Waals surface area contributed by atoms with Crippen LogP contribution in [0.4, 0.5) is 0 Å². The summed E-state index contributed by atoms with van der Waals surface area (Å²) < 4.78 is 7.42. The van der Waals surface area contributed by atoms with E-state index in [9.17, 15) is 10.1 Å². The number of benzene rings is 4. The fourth-order valence-electron chi connectivity index (χ4n) is 3.40. The Morgan fingerprint density at radius 2 is 1.55 bits per heavy atom. The maximum absolute atomic E-state index is 11.0. The SMILES string of the molecule is N#C/C(=C/c1cc(Br)c(OCc2ccc(C(=O)O)cc2)c(Br)c1)c1ccc2ccccc2c1. The topological polar surface area (TPSA) is 70.3 Å². The van der Waals surface area contributed by atoms with Gasteiger partial charge < -0.3 is 9.84 Å². The molecule has 6 heteroatoms. The lowest BCUT2D eigenvalue weighted by Gasteiger charge is -2.12. The van der Waals surface area contributed by atoms with Gasteiger partial charge in [-0.05, 0) is 95.7 Å². The number of fused-ring (bicyclic) bond motifs is 1. The standard InChI is InChI=1S/C27H17Br2NO3/c28-24-12-18(11-23(15-30)22-10-9-19-3-1-2-4-21(19)14-22)13-25(29)26(24)33-16-17-5-7-20(8-6-17)27(31)32/h1-14H,16H2,(H,31,32)/b23-11-. The van der Waals surface area contributed by atoms with Crippen LogP contribution in [0.3, 0.4) is 0 Å². The van der Waals surface area contributed by atoms with Crippen molar-refractivity contribution in [1.29, 1.82) is 5.26 Å². The number of aromatic carboxylic acids is 1. The van der Waals surface area contributed by atoms with Crippen LogP contribution in [-0.2, 0) is 6.61 Å². The van der Waals surface area contributed by atoms with Crippen molar-refractivity contribution in [1.82, 2.24) is 0 Å². The van der Waals surface area contributed by atoms with Crippen LogP contribution in [0, 0.1) is 11.3 Å². The van der Waals surface area contributed by atoms with Crippen LogP contribution < -0.4 is 4.74 Å². The van der Waals surface area contributed by atoms with Crippen LogP contribution in [-0.4, -0.2) is 11.1 Å². The molecule has 162 valence electrons. The third kappa shape index (κ3) is 5.33. The Morgan fingerprint density at radius 1 is 0.909 bits per heavy atom. The van der Waals surface area contributed by atoms with Gasteiger partial charge in [0.2, 0.25) is 0 Å². The molecule has 0 aromatic heterocycles. The van der Waals surface area contributed by atoms with Crippen molar-refractivity contribution in [2.45, 2.75) is 6.61 Å². The van der Waals surface area contributed by atoms with Gasteiger partial charge in [0.25, 0.3) is 0 Å². The zero-order valence-electron chi connectivity index (χ0n) is 17.3. The average molecular weight is 563 g/mol. The normalized spacial score (nSPS) is 11.2. The molecule has 0 atom stereocenters. The summed E-state index contributed by atoms with van der Waals surface area (Å²) in [5.41, 5.74) is 3.35. The number of carboxylic acid groups (broad SMARTS) is 1. The minimum absolute atomic E-state index is 0.233. The maximum atomic E-state index is 11.0. The molecule has 0 heterocycles. The Kier molecular flexibility index (Phi) is 6.93. The lowest BCUT2D eigenvalue weighted by molar-refractivity contribution is 0.0697. The Bertz CT molecular complexity index is 1400. The molecule has 0 aliphatic rings. The maximum Gasteiger partial charge on any atom is 0.335 e. The lowest BCUT2D eigenvalue weighted by Crippen LogP contribution is -2.00. The molecule has 0 aliphatic carbocycles. The molecule has 0 spiro atoms. The molecule has 0 amide bonds. The molecule has 4 nitrogen and oxygen atoms in total. The first-order valence-corrected chi connectivity index (χ1v) is 11.6. The predicted octanol–water partition coefficient (Wildman–Crippen LogP) is 7.71. The number of hydrogen-bond donors (Lipinski definition) is 1. The van der Waals surface area contributed by atoms with Crippen molar-refractivity contribution in [2.24, 2.45) is 0 Å². The Labute approximate surface area is 208 Å². The van der Waals surface area contributed by atoms with E-state index < -0.39 is 5.97 Å². The van der Waals surface area contributed by atoms with Gasteiger partial charge in [-0.25, -0.2) is 4.79 Å². The van der Waals surface area contributed by atoms with E-state index in [1.54, 1.807) is 24.3 Å². The van der Waals surface area contributed by atoms with Crippen molar-refractivity contribution in [3.05, 3.63) is 110 Å². The molecular formula is C27H17Br2NO3.